The van der Waals surface area contributed by atoms with E-state index < -0.39 is 0 Å². The molecule has 2 rings (SSSR count). The van der Waals surface area contributed by atoms with Gasteiger partial charge in [0.1, 0.15) is 6.73 Å². The fourth-order valence-corrected chi connectivity index (χ4v) is 1.89. The van der Waals surface area contributed by atoms with Gasteiger partial charge in [-0.05, 0) is 11.5 Å². The quantitative estimate of drug-likeness (QED) is 0.803. The van der Waals surface area contributed by atoms with Crippen molar-refractivity contribution in [1.29, 1.82) is 0 Å². The van der Waals surface area contributed by atoms with Crippen LogP contribution in [0.5, 0.6) is 5.88 Å². The summed E-state index contributed by atoms with van der Waals surface area (Å²) in [7, 11) is 0. The maximum atomic E-state index is 5.54. The summed E-state index contributed by atoms with van der Waals surface area (Å²) in [4.78, 5) is 3.25. The molecule has 0 saturated carbocycles. The van der Waals surface area contributed by atoms with E-state index in [0.717, 1.165) is 31.2 Å². The van der Waals surface area contributed by atoms with Gasteiger partial charge >= 0.3 is 0 Å². The molecular formula is C9H15N3O2S. The zero-order valence-corrected chi connectivity index (χ0v) is 9.33. The van der Waals surface area contributed by atoms with Crippen molar-refractivity contribution in [3.05, 3.63) is 10.9 Å². The van der Waals surface area contributed by atoms with Gasteiger partial charge in [-0.2, -0.15) is 4.37 Å². The number of nitrogens with two attached hydrogens (primary N) is 1. The molecule has 1 aliphatic rings. The third-order valence-corrected chi connectivity index (χ3v) is 3.03. The Labute approximate surface area is 92.9 Å². The summed E-state index contributed by atoms with van der Waals surface area (Å²) in [5, 5.41) is 0. The predicted octanol–water partition coefficient (Wildman–Crippen LogP) is 0.270. The molecule has 0 unspecified atom stereocenters. The maximum Gasteiger partial charge on any atom is 0.226 e. The van der Waals surface area contributed by atoms with Crippen LogP contribution in [0.4, 0.5) is 0 Å². The number of aromatic nitrogens is 1. The van der Waals surface area contributed by atoms with Crippen LogP contribution < -0.4 is 10.5 Å². The fraction of sp³-hybridized carbons (Fsp3) is 0.667. The maximum absolute atomic E-state index is 5.54. The molecule has 1 aromatic heterocycles. The summed E-state index contributed by atoms with van der Waals surface area (Å²) < 4.78 is 14.9. The van der Waals surface area contributed by atoms with Gasteiger partial charge in [0.15, 0.2) is 0 Å². The van der Waals surface area contributed by atoms with Crippen molar-refractivity contribution in [2.24, 2.45) is 5.73 Å². The second kappa shape index (κ2) is 5.41. The molecule has 1 aromatic rings. The minimum atomic E-state index is 0.526. The summed E-state index contributed by atoms with van der Waals surface area (Å²) in [5.41, 5.74) is 5.49. The summed E-state index contributed by atoms with van der Waals surface area (Å²) in [6, 6.07) is 1.89. The van der Waals surface area contributed by atoms with Crippen LogP contribution in [0.25, 0.3) is 0 Å². The van der Waals surface area contributed by atoms with Gasteiger partial charge in [0.05, 0.1) is 13.2 Å². The van der Waals surface area contributed by atoms with E-state index in [4.69, 9.17) is 15.2 Å². The molecule has 0 amide bonds. The largest absolute Gasteiger partial charge is 0.461 e. The van der Waals surface area contributed by atoms with Crippen molar-refractivity contribution in [3.63, 3.8) is 0 Å². The zero-order valence-electron chi connectivity index (χ0n) is 8.52. The van der Waals surface area contributed by atoms with Crippen LogP contribution in [0.15, 0.2) is 6.07 Å². The molecule has 0 bridgehead atoms. The lowest BCUT2D eigenvalue weighted by atomic mass is 10.5. The number of rotatable bonds is 4. The first-order valence-corrected chi connectivity index (χ1v) is 5.74. The minimum Gasteiger partial charge on any atom is -0.461 e. The molecule has 1 aliphatic heterocycles. The van der Waals surface area contributed by atoms with Crippen molar-refractivity contribution in [1.82, 2.24) is 9.27 Å². The molecule has 0 aromatic carbocycles. The van der Waals surface area contributed by atoms with Gasteiger partial charge in [-0.1, -0.05) is 0 Å². The Hall–Kier alpha value is -0.690. The van der Waals surface area contributed by atoms with Crippen molar-refractivity contribution in [2.45, 2.75) is 6.54 Å². The fourth-order valence-electron chi connectivity index (χ4n) is 1.35. The first-order chi connectivity index (χ1) is 7.38. The number of hydrogen-bond donors (Lipinski definition) is 1. The summed E-state index contributed by atoms with van der Waals surface area (Å²) in [6.07, 6.45) is 0. The van der Waals surface area contributed by atoms with E-state index in [2.05, 4.69) is 9.27 Å². The Morgan fingerprint density at radius 2 is 2.33 bits per heavy atom. The normalized spacial score (nSPS) is 17.9. The Balaban J connectivity index is 1.76. The number of ether oxygens (including phenoxy) is 2. The van der Waals surface area contributed by atoms with Crippen LogP contribution in [0.1, 0.15) is 4.88 Å². The average Bonchev–Trinajstić information content (AvgIpc) is 2.76. The van der Waals surface area contributed by atoms with Crippen LogP contribution >= 0.6 is 11.5 Å². The lowest BCUT2D eigenvalue weighted by Crippen LogP contribution is -2.38. The Morgan fingerprint density at radius 1 is 1.53 bits per heavy atom. The minimum absolute atomic E-state index is 0.526. The van der Waals surface area contributed by atoms with E-state index in [0.29, 0.717) is 19.2 Å². The summed E-state index contributed by atoms with van der Waals surface area (Å²) >= 11 is 1.39. The van der Waals surface area contributed by atoms with E-state index >= 15 is 0 Å². The third kappa shape index (κ3) is 3.13. The third-order valence-electron chi connectivity index (χ3n) is 2.24. The summed E-state index contributed by atoms with van der Waals surface area (Å²) in [5.74, 6) is 0.673. The number of morpholine rings is 1. The van der Waals surface area contributed by atoms with Gasteiger partial charge in [0.25, 0.3) is 0 Å². The highest BCUT2D eigenvalue weighted by Gasteiger charge is 2.11. The van der Waals surface area contributed by atoms with Crippen LogP contribution in [0.2, 0.25) is 0 Å². The van der Waals surface area contributed by atoms with E-state index in [1.165, 1.54) is 11.5 Å². The first-order valence-electron chi connectivity index (χ1n) is 4.97. The summed E-state index contributed by atoms with van der Waals surface area (Å²) in [6.45, 7) is 4.53. The molecule has 0 aliphatic carbocycles. The Morgan fingerprint density at radius 3 is 3.00 bits per heavy atom. The molecular weight excluding hydrogens is 214 g/mol. The van der Waals surface area contributed by atoms with Crippen LogP contribution in [0, 0.1) is 0 Å². The van der Waals surface area contributed by atoms with Gasteiger partial charge in [0, 0.05) is 30.6 Å². The van der Waals surface area contributed by atoms with Crippen molar-refractivity contribution < 1.29 is 9.47 Å². The highest BCUT2D eigenvalue weighted by molar-refractivity contribution is 7.05. The first kappa shape index (κ1) is 10.8. The SMILES string of the molecule is NCc1cc(OCN2CCOCC2)ns1. The molecule has 0 radical (unpaired) electrons. The van der Waals surface area contributed by atoms with Gasteiger partial charge in [0.2, 0.25) is 5.88 Å². The van der Waals surface area contributed by atoms with Gasteiger partial charge in [-0.3, -0.25) is 4.90 Å². The van der Waals surface area contributed by atoms with Crippen molar-refractivity contribution in [3.8, 4) is 5.88 Å². The molecule has 5 nitrogen and oxygen atoms in total. The monoisotopic (exact) mass is 229 g/mol. The molecule has 1 saturated heterocycles. The van der Waals surface area contributed by atoms with Crippen LogP contribution in [0.3, 0.4) is 0 Å². The van der Waals surface area contributed by atoms with Gasteiger partial charge in [-0.15, -0.1) is 0 Å². The standard InChI is InChI=1S/C9H15N3O2S/c10-6-8-5-9(11-15-8)14-7-12-1-3-13-4-2-12/h5H,1-4,6-7,10H2. The predicted molar refractivity (Wildman–Crippen MR) is 57.9 cm³/mol. The lowest BCUT2D eigenvalue weighted by molar-refractivity contribution is 0.00324. The number of hydrogen-bond acceptors (Lipinski definition) is 6. The van der Waals surface area contributed by atoms with Gasteiger partial charge < -0.3 is 15.2 Å². The molecule has 84 valence electrons. The highest BCUT2D eigenvalue weighted by atomic mass is 32.1. The molecule has 0 spiro atoms. The average molecular weight is 229 g/mol. The molecule has 6 heteroatoms. The smallest absolute Gasteiger partial charge is 0.226 e. The highest BCUT2D eigenvalue weighted by Crippen LogP contribution is 2.16. The van der Waals surface area contributed by atoms with Crippen molar-refractivity contribution in [2.75, 3.05) is 33.0 Å². The molecule has 15 heavy (non-hydrogen) atoms. The van der Waals surface area contributed by atoms with Crippen LogP contribution in [-0.4, -0.2) is 42.3 Å². The van der Waals surface area contributed by atoms with Crippen molar-refractivity contribution >= 4 is 11.5 Å². The molecule has 0 atom stereocenters. The molecule has 2 heterocycles. The van der Waals surface area contributed by atoms with E-state index in [-0.39, 0.29) is 0 Å². The Kier molecular flexibility index (Phi) is 3.90. The van der Waals surface area contributed by atoms with E-state index in [1.54, 1.807) is 0 Å². The van der Waals surface area contributed by atoms with Crippen LogP contribution in [-0.2, 0) is 11.3 Å². The topological polar surface area (TPSA) is 60.6 Å². The van der Waals surface area contributed by atoms with Gasteiger partial charge in [-0.25, -0.2) is 0 Å². The van der Waals surface area contributed by atoms with E-state index in [9.17, 15) is 0 Å². The zero-order chi connectivity index (χ0) is 10.5. The number of nitrogens with zero attached hydrogens (tertiary/aromatic N) is 2. The molecule has 2 N–H and O–H groups in total. The Bertz CT molecular complexity index is 299. The molecule has 1 fully saturated rings. The second-order valence-electron chi connectivity index (χ2n) is 3.34. The lowest BCUT2D eigenvalue weighted by Gasteiger charge is -2.25. The second-order valence-corrected chi connectivity index (χ2v) is 4.23. The van der Waals surface area contributed by atoms with E-state index in [1.807, 2.05) is 6.07 Å².